The highest BCUT2D eigenvalue weighted by Crippen LogP contribution is 2.41. The maximum absolute atomic E-state index is 9.98. The van der Waals surface area contributed by atoms with Gasteiger partial charge in [-0.3, -0.25) is 9.88 Å². The number of hydrogen-bond acceptors (Lipinski definition) is 5. The van der Waals surface area contributed by atoms with Crippen LogP contribution in [0.1, 0.15) is 24.1 Å². The third kappa shape index (κ3) is 3.52. The van der Waals surface area contributed by atoms with Gasteiger partial charge in [0.2, 0.25) is 0 Å². The second-order valence-electron chi connectivity index (χ2n) is 8.10. The lowest BCUT2D eigenvalue weighted by Gasteiger charge is -2.46. The Morgan fingerprint density at radius 2 is 1.87 bits per heavy atom. The van der Waals surface area contributed by atoms with Gasteiger partial charge in [0.1, 0.15) is 0 Å². The number of nitrogens with one attached hydrogen (secondary N) is 1. The van der Waals surface area contributed by atoms with E-state index < -0.39 is 0 Å². The largest absolute Gasteiger partial charge is 0.395 e. The predicted molar refractivity (Wildman–Crippen MR) is 125 cm³/mol. The molecule has 5 rings (SSSR count). The zero-order chi connectivity index (χ0) is 20.4. The van der Waals surface area contributed by atoms with Crippen molar-refractivity contribution in [3.05, 3.63) is 77.4 Å². The van der Waals surface area contributed by atoms with Gasteiger partial charge in [0.05, 0.1) is 17.8 Å². The highest BCUT2D eigenvalue weighted by atomic mass is 32.1. The molecule has 0 spiro atoms. The summed E-state index contributed by atoms with van der Waals surface area (Å²) < 4.78 is 1.28. The van der Waals surface area contributed by atoms with E-state index in [4.69, 9.17) is 4.98 Å². The van der Waals surface area contributed by atoms with Crippen molar-refractivity contribution in [3.63, 3.8) is 0 Å². The van der Waals surface area contributed by atoms with Crippen molar-refractivity contribution in [1.82, 2.24) is 15.2 Å². The first kappa shape index (κ1) is 19.6. The summed E-state index contributed by atoms with van der Waals surface area (Å²) in [5.74, 6) is 0. The number of aliphatic hydroxyl groups excluding tert-OH is 1. The molecule has 0 atom stereocenters. The molecule has 0 amide bonds. The van der Waals surface area contributed by atoms with E-state index in [1.54, 1.807) is 11.3 Å². The summed E-state index contributed by atoms with van der Waals surface area (Å²) in [6, 6.07) is 19.5. The number of nitrogens with zero attached hydrogens (tertiary/aromatic N) is 2. The molecule has 1 aliphatic heterocycles. The first-order valence-electron chi connectivity index (χ1n) is 10.7. The van der Waals surface area contributed by atoms with E-state index in [-0.39, 0.29) is 12.1 Å². The molecule has 0 unspecified atom stereocenters. The molecule has 5 heteroatoms. The molecule has 2 aromatic carbocycles. The molecular weight excluding hydrogens is 390 g/mol. The summed E-state index contributed by atoms with van der Waals surface area (Å²) in [5, 5.41) is 19.4. The summed E-state index contributed by atoms with van der Waals surface area (Å²) in [6.45, 7) is 3.49. The maximum Gasteiger partial charge on any atom is 0.0694 e. The van der Waals surface area contributed by atoms with Crippen molar-refractivity contribution in [2.45, 2.75) is 24.9 Å². The Morgan fingerprint density at radius 3 is 2.70 bits per heavy atom. The van der Waals surface area contributed by atoms with Crippen LogP contribution in [0.2, 0.25) is 0 Å². The van der Waals surface area contributed by atoms with Crippen LogP contribution in [0.3, 0.4) is 0 Å². The number of piperidine rings is 1. The minimum atomic E-state index is -0.180. The molecule has 0 saturated carbocycles. The van der Waals surface area contributed by atoms with Crippen molar-refractivity contribution in [2.24, 2.45) is 0 Å². The standard InChI is InChI=1S/C25H27N3OS/c29-15-14-28(18-19-5-6-20-3-1-2-4-21(20)17-19)25(9-12-26-13-10-25)24-22-8-16-30-23(22)7-11-27-24/h1-8,11,16-17,26,29H,9-10,12-15,18H2. The molecule has 4 nitrogen and oxygen atoms in total. The van der Waals surface area contributed by atoms with Crippen molar-refractivity contribution < 1.29 is 5.11 Å². The number of benzene rings is 2. The lowest BCUT2D eigenvalue weighted by atomic mass is 9.81. The van der Waals surface area contributed by atoms with Crippen LogP contribution in [0.25, 0.3) is 20.9 Å². The Kier molecular flexibility index (Phi) is 5.52. The van der Waals surface area contributed by atoms with Gasteiger partial charge in [0.25, 0.3) is 0 Å². The van der Waals surface area contributed by atoms with Crippen molar-refractivity contribution in [3.8, 4) is 0 Å². The van der Waals surface area contributed by atoms with E-state index in [0.29, 0.717) is 6.54 Å². The van der Waals surface area contributed by atoms with Crippen LogP contribution in [0, 0.1) is 0 Å². The number of hydrogen-bond donors (Lipinski definition) is 2. The molecule has 1 saturated heterocycles. The van der Waals surface area contributed by atoms with Gasteiger partial charge in [-0.05, 0) is 65.8 Å². The van der Waals surface area contributed by atoms with E-state index in [0.717, 1.165) is 38.2 Å². The molecule has 154 valence electrons. The third-order valence-electron chi connectivity index (χ3n) is 6.41. The molecule has 2 aromatic heterocycles. The van der Waals surface area contributed by atoms with Gasteiger partial charge < -0.3 is 10.4 Å². The van der Waals surface area contributed by atoms with Gasteiger partial charge in [-0.25, -0.2) is 0 Å². The minimum absolute atomic E-state index is 0.141. The van der Waals surface area contributed by atoms with E-state index in [1.807, 2.05) is 6.20 Å². The Labute approximate surface area is 181 Å². The molecule has 0 aliphatic carbocycles. The summed E-state index contributed by atoms with van der Waals surface area (Å²) in [5.41, 5.74) is 2.26. The van der Waals surface area contributed by atoms with Gasteiger partial charge in [-0.2, -0.15) is 0 Å². The Balaban J connectivity index is 1.58. The number of aliphatic hydroxyl groups is 1. The fourth-order valence-corrected chi connectivity index (χ4v) is 5.71. The number of aromatic nitrogens is 1. The van der Waals surface area contributed by atoms with Gasteiger partial charge in [-0.1, -0.05) is 36.4 Å². The van der Waals surface area contributed by atoms with Crippen LogP contribution in [0.4, 0.5) is 0 Å². The second-order valence-corrected chi connectivity index (χ2v) is 9.05. The molecule has 2 N–H and O–H groups in total. The quantitative estimate of drug-likeness (QED) is 0.484. The normalized spacial score (nSPS) is 16.5. The predicted octanol–water partition coefficient (Wildman–Crippen LogP) is 4.52. The molecule has 3 heterocycles. The maximum atomic E-state index is 9.98. The number of thiophene rings is 1. The molecule has 1 fully saturated rings. The number of rotatable bonds is 6. The van der Waals surface area contributed by atoms with Crippen LogP contribution in [0.15, 0.2) is 66.2 Å². The van der Waals surface area contributed by atoms with Crippen molar-refractivity contribution >= 4 is 32.2 Å². The second kappa shape index (κ2) is 8.44. The fraction of sp³-hybridized carbons (Fsp3) is 0.320. The van der Waals surface area contributed by atoms with Crippen LogP contribution >= 0.6 is 11.3 Å². The van der Waals surface area contributed by atoms with Gasteiger partial charge in [0, 0.05) is 29.4 Å². The Morgan fingerprint density at radius 1 is 1.03 bits per heavy atom. The zero-order valence-electron chi connectivity index (χ0n) is 17.1. The molecule has 0 radical (unpaired) electrons. The van der Waals surface area contributed by atoms with Gasteiger partial charge in [-0.15, -0.1) is 11.3 Å². The lowest BCUT2D eigenvalue weighted by molar-refractivity contribution is 0.0282. The summed E-state index contributed by atoms with van der Waals surface area (Å²) >= 11 is 1.77. The molecule has 1 aliphatic rings. The molecule has 0 bridgehead atoms. The SMILES string of the molecule is OCCN(Cc1ccc2ccccc2c1)C1(c2nccc3sccc23)CCNCC1. The number of fused-ring (bicyclic) bond motifs is 2. The molecule has 30 heavy (non-hydrogen) atoms. The average molecular weight is 418 g/mol. The monoisotopic (exact) mass is 417 g/mol. The van der Waals surface area contributed by atoms with Gasteiger partial charge in [0.15, 0.2) is 0 Å². The highest BCUT2D eigenvalue weighted by Gasteiger charge is 2.41. The van der Waals surface area contributed by atoms with Crippen LogP contribution < -0.4 is 5.32 Å². The van der Waals surface area contributed by atoms with Crippen LogP contribution in [-0.2, 0) is 12.1 Å². The van der Waals surface area contributed by atoms with Crippen molar-refractivity contribution in [2.75, 3.05) is 26.2 Å². The van der Waals surface area contributed by atoms with E-state index in [9.17, 15) is 5.11 Å². The highest BCUT2D eigenvalue weighted by molar-refractivity contribution is 7.17. The van der Waals surface area contributed by atoms with Crippen LogP contribution in [0.5, 0.6) is 0 Å². The van der Waals surface area contributed by atoms with Gasteiger partial charge >= 0.3 is 0 Å². The molecule has 4 aromatic rings. The molecular formula is C25H27N3OS. The summed E-state index contributed by atoms with van der Waals surface area (Å²) in [6.07, 6.45) is 3.93. The zero-order valence-corrected chi connectivity index (χ0v) is 17.9. The minimum Gasteiger partial charge on any atom is -0.395 e. The average Bonchev–Trinajstić information content (AvgIpc) is 3.28. The van der Waals surface area contributed by atoms with Crippen LogP contribution in [-0.4, -0.2) is 41.2 Å². The smallest absolute Gasteiger partial charge is 0.0694 e. The Bertz CT molecular complexity index is 1150. The van der Waals surface area contributed by atoms with E-state index in [2.05, 4.69) is 70.2 Å². The summed E-state index contributed by atoms with van der Waals surface area (Å²) in [4.78, 5) is 7.39. The number of pyridine rings is 1. The van der Waals surface area contributed by atoms with E-state index >= 15 is 0 Å². The lowest BCUT2D eigenvalue weighted by Crippen LogP contribution is -2.53. The summed E-state index contributed by atoms with van der Waals surface area (Å²) in [7, 11) is 0. The third-order valence-corrected chi connectivity index (χ3v) is 7.30. The first-order valence-corrected chi connectivity index (χ1v) is 11.6. The first-order chi connectivity index (χ1) is 14.8. The topological polar surface area (TPSA) is 48.4 Å². The van der Waals surface area contributed by atoms with Crippen molar-refractivity contribution in [1.29, 1.82) is 0 Å². The van der Waals surface area contributed by atoms with E-state index in [1.165, 1.54) is 26.4 Å². The Hall–Kier alpha value is -2.31. The fourth-order valence-electron chi connectivity index (χ4n) is 4.93.